The minimum Gasteiger partial charge on any atom is -0.454 e. The molecular weight excluding hydrogens is 226 g/mol. The van der Waals surface area contributed by atoms with Crippen LogP contribution in [-0.4, -0.2) is 15.4 Å². The van der Waals surface area contributed by atoms with Crippen molar-refractivity contribution in [2.24, 2.45) is 4.99 Å². The number of para-hydroxylation sites is 2. The molecule has 1 aromatic heterocycles. The van der Waals surface area contributed by atoms with E-state index in [4.69, 9.17) is 4.74 Å². The van der Waals surface area contributed by atoms with Crippen molar-refractivity contribution >= 4 is 22.9 Å². The van der Waals surface area contributed by atoms with Crippen LogP contribution in [0.5, 0.6) is 0 Å². The van der Waals surface area contributed by atoms with Crippen molar-refractivity contribution in [3.8, 4) is 0 Å². The molecule has 1 aliphatic heterocycles. The molecule has 0 bridgehead atoms. The highest BCUT2D eigenvalue weighted by molar-refractivity contribution is 5.83. The van der Waals surface area contributed by atoms with Gasteiger partial charge in [-0.3, -0.25) is 4.57 Å². The van der Waals surface area contributed by atoms with Gasteiger partial charge in [-0.05, 0) is 12.1 Å². The van der Waals surface area contributed by atoms with E-state index in [0.717, 1.165) is 29.8 Å². The van der Waals surface area contributed by atoms with Gasteiger partial charge in [0.15, 0.2) is 11.6 Å². The molecular formula is C14H17N3O. The Balaban J connectivity index is 2.36. The molecule has 2 aromatic rings. The van der Waals surface area contributed by atoms with E-state index in [9.17, 15) is 0 Å². The Bertz CT molecular complexity index is 623. The maximum atomic E-state index is 6.04. The van der Waals surface area contributed by atoms with E-state index in [2.05, 4.69) is 34.5 Å². The van der Waals surface area contributed by atoms with E-state index >= 15 is 0 Å². The van der Waals surface area contributed by atoms with Crippen molar-refractivity contribution in [2.75, 3.05) is 0 Å². The van der Waals surface area contributed by atoms with Crippen LogP contribution in [0.25, 0.3) is 11.0 Å². The van der Waals surface area contributed by atoms with Gasteiger partial charge in [0.2, 0.25) is 5.95 Å². The summed E-state index contributed by atoms with van der Waals surface area (Å²) in [6, 6.07) is 8.11. The lowest BCUT2D eigenvalue weighted by Gasteiger charge is -2.37. The first kappa shape index (κ1) is 11.3. The molecule has 0 amide bonds. The van der Waals surface area contributed by atoms with Gasteiger partial charge >= 0.3 is 0 Å². The van der Waals surface area contributed by atoms with Gasteiger partial charge in [0.1, 0.15) is 0 Å². The Morgan fingerprint density at radius 1 is 1.22 bits per heavy atom. The molecule has 4 nitrogen and oxygen atoms in total. The Kier molecular flexibility index (Phi) is 2.40. The Morgan fingerprint density at radius 2 is 1.94 bits per heavy atom. The molecule has 0 aliphatic carbocycles. The number of hydrogen-bond donors (Lipinski definition) is 0. The topological polar surface area (TPSA) is 39.4 Å². The average molecular weight is 243 g/mol. The van der Waals surface area contributed by atoms with Gasteiger partial charge in [-0.2, -0.15) is 4.99 Å². The third-order valence-electron chi connectivity index (χ3n) is 3.65. The van der Waals surface area contributed by atoms with E-state index < -0.39 is 0 Å². The van der Waals surface area contributed by atoms with Crippen molar-refractivity contribution < 1.29 is 4.74 Å². The van der Waals surface area contributed by atoms with Crippen LogP contribution < -0.4 is 0 Å². The fourth-order valence-corrected chi connectivity index (χ4v) is 2.68. The summed E-state index contributed by atoms with van der Waals surface area (Å²) in [4.78, 5) is 9.01. The predicted molar refractivity (Wildman–Crippen MR) is 72.1 cm³/mol. The van der Waals surface area contributed by atoms with Gasteiger partial charge in [-0.1, -0.05) is 26.0 Å². The Hall–Kier alpha value is -1.84. The molecule has 0 fully saturated rings. The van der Waals surface area contributed by atoms with Crippen molar-refractivity contribution in [2.45, 2.75) is 39.3 Å². The van der Waals surface area contributed by atoms with Crippen LogP contribution in [0.4, 0.5) is 5.95 Å². The maximum absolute atomic E-state index is 6.04. The molecule has 0 atom stereocenters. The second-order valence-electron chi connectivity index (χ2n) is 4.62. The number of fused-ring (bicyclic) bond motifs is 3. The third kappa shape index (κ3) is 1.38. The number of nitrogens with zero attached hydrogens (tertiary/aromatic N) is 3. The Labute approximate surface area is 106 Å². The summed E-state index contributed by atoms with van der Waals surface area (Å²) in [5.74, 6) is 1.45. The van der Waals surface area contributed by atoms with E-state index in [1.165, 1.54) is 0 Å². The highest BCUT2D eigenvalue weighted by atomic mass is 16.5. The summed E-state index contributed by atoms with van der Waals surface area (Å²) in [5, 5.41) is 0. The lowest BCUT2D eigenvalue weighted by atomic mass is 10.1. The monoisotopic (exact) mass is 243 g/mol. The number of benzene rings is 1. The minimum atomic E-state index is -0.350. The fraction of sp³-hybridized carbons (Fsp3) is 0.429. The Morgan fingerprint density at radius 3 is 2.67 bits per heavy atom. The lowest BCUT2D eigenvalue weighted by Crippen LogP contribution is -2.39. The van der Waals surface area contributed by atoms with Crippen LogP contribution in [0.1, 0.15) is 33.6 Å². The molecule has 18 heavy (non-hydrogen) atoms. The first-order chi connectivity index (χ1) is 8.70. The van der Waals surface area contributed by atoms with Crippen LogP contribution in [0.3, 0.4) is 0 Å². The molecule has 1 aliphatic rings. The van der Waals surface area contributed by atoms with Crippen molar-refractivity contribution in [1.82, 2.24) is 9.55 Å². The quantitative estimate of drug-likeness (QED) is 0.808. The number of rotatable bonds is 2. The van der Waals surface area contributed by atoms with Crippen LogP contribution in [0.15, 0.2) is 29.3 Å². The van der Waals surface area contributed by atoms with Crippen molar-refractivity contribution in [1.29, 1.82) is 0 Å². The molecule has 0 saturated carbocycles. The average Bonchev–Trinajstić information content (AvgIpc) is 2.76. The van der Waals surface area contributed by atoms with Crippen LogP contribution in [0.2, 0.25) is 0 Å². The normalized spacial score (nSPS) is 17.2. The summed E-state index contributed by atoms with van der Waals surface area (Å²) in [6.07, 6.45) is 1.79. The van der Waals surface area contributed by atoms with Crippen molar-refractivity contribution in [3.05, 3.63) is 24.3 Å². The fourth-order valence-electron chi connectivity index (χ4n) is 2.68. The number of aliphatic imine (C=N–C) groups is 1. The van der Waals surface area contributed by atoms with Gasteiger partial charge in [0.25, 0.3) is 0 Å². The van der Waals surface area contributed by atoms with E-state index in [1.807, 2.05) is 25.1 Å². The second-order valence-corrected chi connectivity index (χ2v) is 4.62. The molecule has 0 spiro atoms. The van der Waals surface area contributed by atoms with E-state index in [0.29, 0.717) is 5.90 Å². The van der Waals surface area contributed by atoms with Gasteiger partial charge in [0.05, 0.1) is 11.0 Å². The molecule has 94 valence electrons. The SMILES string of the molecule is CCC1(CC)OC(C)=Nc2nc3ccccc3n21. The number of aromatic nitrogens is 2. The number of ether oxygens (including phenoxy) is 1. The second kappa shape index (κ2) is 3.83. The van der Waals surface area contributed by atoms with Crippen molar-refractivity contribution in [3.63, 3.8) is 0 Å². The van der Waals surface area contributed by atoms with Gasteiger partial charge in [-0.15, -0.1) is 0 Å². The maximum Gasteiger partial charge on any atom is 0.236 e. The summed E-state index contributed by atoms with van der Waals surface area (Å²) in [6.45, 7) is 6.17. The number of imidazole rings is 1. The highest BCUT2D eigenvalue weighted by Gasteiger charge is 2.37. The summed E-state index contributed by atoms with van der Waals surface area (Å²) >= 11 is 0. The van der Waals surface area contributed by atoms with Crippen LogP contribution in [0, 0.1) is 0 Å². The first-order valence-corrected chi connectivity index (χ1v) is 6.42. The first-order valence-electron chi connectivity index (χ1n) is 6.42. The predicted octanol–water partition coefficient (Wildman–Crippen LogP) is 3.59. The zero-order valence-electron chi connectivity index (χ0n) is 11.0. The molecule has 0 unspecified atom stereocenters. The lowest BCUT2D eigenvalue weighted by molar-refractivity contribution is -0.0311. The van der Waals surface area contributed by atoms with Crippen LogP contribution in [-0.2, 0) is 10.5 Å². The molecule has 4 heteroatoms. The third-order valence-corrected chi connectivity index (χ3v) is 3.65. The molecule has 0 saturated heterocycles. The zero-order valence-corrected chi connectivity index (χ0v) is 11.0. The van der Waals surface area contributed by atoms with Crippen LogP contribution >= 0.6 is 0 Å². The molecule has 1 aromatic carbocycles. The zero-order chi connectivity index (χ0) is 12.8. The molecule has 3 rings (SSSR count). The highest BCUT2D eigenvalue weighted by Crippen LogP contribution is 2.38. The van der Waals surface area contributed by atoms with Gasteiger partial charge in [0, 0.05) is 19.8 Å². The standard InChI is InChI=1S/C14H17N3O/c1-4-14(5-2)17-12-9-7-6-8-11(12)16-13(17)15-10(3)18-14/h6-9H,4-5H2,1-3H3. The van der Waals surface area contributed by atoms with Gasteiger partial charge < -0.3 is 4.74 Å². The summed E-state index contributed by atoms with van der Waals surface area (Å²) in [5.41, 5.74) is 1.71. The largest absolute Gasteiger partial charge is 0.454 e. The van der Waals surface area contributed by atoms with E-state index in [1.54, 1.807) is 0 Å². The molecule has 2 heterocycles. The minimum absolute atomic E-state index is 0.350. The molecule has 0 N–H and O–H groups in total. The van der Waals surface area contributed by atoms with Gasteiger partial charge in [-0.25, -0.2) is 4.98 Å². The summed E-state index contributed by atoms with van der Waals surface area (Å²) < 4.78 is 8.17. The summed E-state index contributed by atoms with van der Waals surface area (Å²) in [7, 11) is 0. The van der Waals surface area contributed by atoms with E-state index in [-0.39, 0.29) is 5.72 Å². The molecule has 0 radical (unpaired) electrons. The smallest absolute Gasteiger partial charge is 0.236 e. The number of hydrogen-bond acceptors (Lipinski definition) is 3.